The van der Waals surface area contributed by atoms with Crippen LogP contribution in [0.2, 0.25) is 0 Å². The Hall–Kier alpha value is -0.570. The molecule has 3 nitrogen and oxygen atoms in total. The van der Waals surface area contributed by atoms with Gasteiger partial charge in [-0.15, -0.1) is 0 Å². The highest BCUT2D eigenvalue weighted by atomic mass is 16.4. The normalized spacial score (nSPS) is 6.93. The molecule has 0 heterocycles. The van der Waals surface area contributed by atoms with Gasteiger partial charge in [0.25, 0.3) is 0 Å². The van der Waals surface area contributed by atoms with E-state index in [1.54, 1.807) is 0 Å². The highest BCUT2D eigenvalue weighted by Gasteiger charge is 2.10. The van der Waals surface area contributed by atoms with Crippen LogP contribution in [-0.2, 0) is 4.79 Å². The fourth-order valence-corrected chi connectivity index (χ4v) is 0.638. The molecule has 14 heavy (non-hydrogen) atoms. The van der Waals surface area contributed by atoms with Gasteiger partial charge in [0.2, 0.25) is 0 Å². The quantitative estimate of drug-likeness (QED) is 0.747. The fraction of sp³-hybridized carbons (Fsp3) is 0.909. The highest BCUT2D eigenvalue weighted by Crippen LogP contribution is 2.05. The molecule has 0 aliphatic rings. The summed E-state index contributed by atoms with van der Waals surface area (Å²) in [7, 11) is 1.50. The van der Waals surface area contributed by atoms with Crippen LogP contribution in [0.15, 0.2) is 0 Å². The predicted molar refractivity (Wildman–Crippen MR) is 64.5 cm³/mol. The average molecular weight is 207 g/mol. The first-order valence-corrected chi connectivity index (χ1v) is 5.52. The Kier molecular flexibility index (Phi) is 49.0. The van der Waals surface area contributed by atoms with E-state index in [1.807, 2.05) is 41.5 Å². The van der Waals surface area contributed by atoms with Crippen LogP contribution < -0.4 is 5.73 Å². The maximum atomic E-state index is 10.2. The largest absolute Gasteiger partial charge is 0.481 e. The Bertz CT molecular complexity index is 81.4. The van der Waals surface area contributed by atoms with Crippen molar-refractivity contribution < 1.29 is 9.90 Å². The first kappa shape index (κ1) is 23.3. The summed E-state index contributed by atoms with van der Waals surface area (Å²) in [5.41, 5.74) is 4.50. The van der Waals surface area contributed by atoms with E-state index in [4.69, 9.17) is 5.11 Å². The van der Waals surface area contributed by atoms with Crippen LogP contribution >= 0.6 is 0 Å². The Labute approximate surface area is 89.7 Å². The van der Waals surface area contributed by atoms with Gasteiger partial charge >= 0.3 is 5.97 Å². The van der Waals surface area contributed by atoms with E-state index in [-0.39, 0.29) is 5.92 Å². The van der Waals surface area contributed by atoms with Crippen molar-refractivity contribution in [2.24, 2.45) is 11.7 Å². The molecule has 0 radical (unpaired) electrons. The second-order valence-electron chi connectivity index (χ2n) is 1.85. The second kappa shape index (κ2) is 29.4. The van der Waals surface area contributed by atoms with Gasteiger partial charge in [-0.1, -0.05) is 41.5 Å². The first-order chi connectivity index (χ1) is 6.72. The van der Waals surface area contributed by atoms with E-state index in [2.05, 4.69) is 5.73 Å². The summed E-state index contributed by atoms with van der Waals surface area (Å²) in [5, 5.41) is 8.37. The lowest BCUT2D eigenvalue weighted by Crippen LogP contribution is -2.10. The van der Waals surface area contributed by atoms with Crippen LogP contribution in [0.5, 0.6) is 0 Å². The summed E-state index contributed by atoms with van der Waals surface area (Å²) in [5.74, 6) is -0.801. The molecule has 0 atom stereocenters. The van der Waals surface area contributed by atoms with Crippen LogP contribution in [0.4, 0.5) is 0 Å². The van der Waals surface area contributed by atoms with E-state index in [0.29, 0.717) is 0 Å². The molecule has 0 rings (SSSR count). The van der Waals surface area contributed by atoms with E-state index in [1.165, 1.54) is 7.05 Å². The smallest absolute Gasteiger partial charge is 0.306 e. The standard InChI is InChI=1S/C6H12O2.2C2H6.CH5N/c1-3-5(4-2)6(7)8;3*1-2/h5H,3-4H2,1-2H3,(H,7,8);2*1-2H3;2H2,1H3. The highest BCUT2D eigenvalue weighted by molar-refractivity contribution is 5.69. The van der Waals surface area contributed by atoms with Gasteiger partial charge < -0.3 is 10.8 Å². The molecule has 0 aromatic rings. The molecule has 0 saturated carbocycles. The van der Waals surface area contributed by atoms with Crippen molar-refractivity contribution in [1.82, 2.24) is 0 Å². The van der Waals surface area contributed by atoms with Gasteiger partial charge in [-0.05, 0) is 19.9 Å². The Morgan fingerprint density at radius 3 is 1.29 bits per heavy atom. The zero-order valence-electron chi connectivity index (χ0n) is 10.9. The predicted octanol–water partition coefficient (Wildman–Crippen LogP) is 3.13. The van der Waals surface area contributed by atoms with Crippen LogP contribution in [0.25, 0.3) is 0 Å². The van der Waals surface area contributed by atoms with Gasteiger partial charge in [0, 0.05) is 0 Å². The van der Waals surface area contributed by atoms with Gasteiger partial charge in [-0.3, -0.25) is 4.79 Å². The van der Waals surface area contributed by atoms with Crippen molar-refractivity contribution >= 4 is 5.97 Å². The molecular formula is C11H29NO2. The molecule has 0 spiro atoms. The lowest BCUT2D eigenvalue weighted by Gasteiger charge is -2.02. The van der Waals surface area contributed by atoms with E-state index in [9.17, 15) is 4.79 Å². The molecule has 0 aromatic carbocycles. The Balaban J connectivity index is -0.0000000708. The third-order valence-corrected chi connectivity index (χ3v) is 1.33. The molecule has 0 fully saturated rings. The molecular weight excluding hydrogens is 178 g/mol. The second-order valence-corrected chi connectivity index (χ2v) is 1.85. The minimum Gasteiger partial charge on any atom is -0.481 e. The molecule has 3 heteroatoms. The van der Waals surface area contributed by atoms with Crippen LogP contribution in [-0.4, -0.2) is 18.1 Å². The van der Waals surface area contributed by atoms with Gasteiger partial charge in [0.05, 0.1) is 5.92 Å². The third-order valence-electron chi connectivity index (χ3n) is 1.33. The fourth-order valence-electron chi connectivity index (χ4n) is 0.638. The van der Waals surface area contributed by atoms with Crippen molar-refractivity contribution in [2.75, 3.05) is 7.05 Å². The molecule has 0 amide bonds. The van der Waals surface area contributed by atoms with Crippen molar-refractivity contribution in [3.05, 3.63) is 0 Å². The maximum absolute atomic E-state index is 10.2. The third kappa shape index (κ3) is 22.5. The number of carbonyl (C=O) groups is 1. The Morgan fingerprint density at radius 1 is 1.07 bits per heavy atom. The molecule has 3 N–H and O–H groups in total. The first-order valence-electron chi connectivity index (χ1n) is 5.52. The van der Waals surface area contributed by atoms with E-state index in [0.717, 1.165) is 12.8 Å². The Morgan fingerprint density at radius 2 is 1.29 bits per heavy atom. The number of carboxylic acids is 1. The van der Waals surface area contributed by atoms with Gasteiger partial charge in [-0.25, -0.2) is 0 Å². The number of hydrogen-bond acceptors (Lipinski definition) is 2. The maximum Gasteiger partial charge on any atom is 0.306 e. The van der Waals surface area contributed by atoms with Crippen molar-refractivity contribution in [1.29, 1.82) is 0 Å². The zero-order valence-corrected chi connectivity index (χ0v) is 10.9. The minimum absolute atomic E-state index is 0.130. The summed E-state index contributed by atoms with van der Waals surface area (Å²) in [4.78, 5) is 10.2. The van der Waals surface area contributed by atoms with Gasteiger partial charge in [-0.2, -0.15) is 0 Å². The summed E-state index contributed by atoms with van der Waals surface area (Å²) >= 11 is 0. The average Bonchev–Trinajstić information content (AvgIpc) is 2.28. The van der Waals surface area contributed by atoms with Crippen LogP contribution in [0, 0.1) is 5.92 Å². The van der Waals surface area contributed by atoms with Crippen molar-refractivity contribution in [3.63, 3.8) is 0 Å². The zero-order chi connectivity index (χ0) is 12.6. The minimum atomic E-state index is -0.671. The summed E-state index contributed by atoms with van der Waals surface area (Å²) in [6.45, 7) is 11.8. The molecule has 0 bridgehead atoms. The van der Waals surface area contributed by atoms with Crippen LogP contribution in [0.1, 0.15) is 54.4 Å². The van der Waals surface area contributed by atoms with E-state index < -0.39 is 5.97 Å². The SMILES string of the molecule is CC.CC.CCC(CC)C(=O)O.CN. The molecule has 90 valence electrons. The lowest BCUT2D eigenvalue weighted by molar-refractivity contribution is -0.141. The van der Waals surface area contributed by atoms with Crippen molar-refractivity contribution in [2.45, 2.75) is 54.4 Å². The monoisotopic (exact) mass is 207 g/mol. The number of rotatable bonds is 3. The molecule has 0 aromatic heterocycles. The van der Waals surface area contributed by atoms with E-state index >= 15 is 0 Å². The summed E-state index contributed by atoms with van der Waals surface area (Å²) in [6.07, 6.45) is 1.48. The number of hydrogen-bond donors (Lipinski definition) is 2. The topological polar surface area (TPSA) is 63.3 Å². The lowest BCUT2D eigenvalue weighted by atomic mass is 10.1. The van der Waals surface area contributed by atoms with Gasteiger partial charge in [0.15, 0.2) is 0 Å². The summed E-state index contributed by atoms with van der Waals surface area (Å²) < 4.78 is 0. The van der Waals surface area contributed by atoms with Crippen LogP contribution in [0.3, 0.4) is 0 Å². The summed E-state index contributed by atoms with van der Waals surface area (Å²) in [6, 6.07) is 0. The molecule has 0 aliphatic carbocycles. The number of nitrogens with two attached hydrogens (primary N) is 1. The number of carboxylic acid groups (broad SMARTS) is 1. The molecule has 0 saturated heterocycles. The molecule has 0 aliphatic heterocycles. The van der Waals surface area contributed by atoms with Gasteiger partial charge in [0.1, 0.15) is 0 Å². The van der Waals surface area contributed by atoms with Crippen molar-refractivity contribution in [3.8, 4) is 0 Å². The molecule has 0 unspecified atom stereocenters. The number of aliphatic carboxylic acids is 1.